The minimum Gasteiger partial charge on any atom is -0.341 e. The lowest BCUT2D eigenvalue weighted by Gasteiger charge is -2.35. The van der Waals surface area contributed by atoms with Crippen LogP contribution < -0.4 is 5.32 Å². The van der Waals surface area contributed by atoms with Crippen molar-refractivity contribution in [2.45, 2.75) is 38.6 Å². The molecule has 2 heterocycles. The van der Waals surface area contributed by atoms with E-state index in [2.05, 4.69) is 11.4 Å². The first kappa shape index (κ1) is 21.8. The molecule has 0 spiro atoms. The van der Waals surface area contributed by atoms with E-state index in [-0.39, 0.29) is 17.7 Å². The number of para-hydroxylation sites is 1. The van der Waals surface area contributed by atoms with Crippen molar-refractivity contribution < 1.29 is 9.59 Å². The number of nitrogens with zero attached hydrogens (tertiary/aromatic N) is 2. The summed E-state index contributed by atoms with van der Waals surface area (Å²) in [5.74, 6) is 0.0986. The summed E-state index contributed by atoms with van der Waals surface area (Å²) < 4.78 is 1.21. The zero-order valence-corrected chi connectivity index (χ0v) is 19.2. The molecule has 1 fully saturated rings. The van der Waals surface area contributed by atoms with Crippen LogP contribution >= 0.6 is 22.9 Å². The molecule has 1 aromatic heterocycles. The van der Waals surface area contributed by atoms with E-state index in [0.717, 1.165) is 23.4 Å². The highest BCUT2D eigenvalue weighted by Crippen LogP contribution is 2.34. The fourth-order valence-corrected chi connectivity index (χ4v) is 5.21. The molecule has 0 aliphatic carbocycles. The molecule has 2 aromatic carbocycles. The molecule has 1 atom stereocenters. The molecule has 1 saturated heterocycles. The van der Waals surface area contributed by atoms with Crippen molar-refractivity contribution in [2.24, 2.45) is 5.92 Å². The summed E-state index contributed by atoms with van der Waals surface area (Å²) in [5, 5.41) is 4.66. The van der Waals surface area contributed by atoms with Gasteiger partial charge in [0.1, 0.15) is 6.04 Å². The van der Waals surface area contributed by atoms with Gasteiger partial charge in [-0.3, -0.25) is 9.59 Å². The third-order valence-corrected chi connectivity index (χ3v) is 7.24. The van der Waals surface area contributed by atoms with E-state index >= 15 is 0 Å². The molecule has 4 rings (SSSR count). The van der Waals surface area contributed by atoms with Crippen LogP contribution in [-0.4, -0.2) is 40.8 Å². The lowest BCUT2D eigenvalue weighted by atomic mass is 9.95. The third-order valence-electron chi connectivity index (χ3n) is 5.79. The number of likely N-dealkylation sites (tertiary alicyclic amines) is 1. The van der Waals surface area contributed by atoms with Crippen molar-refractivity contribution in [3.05, 3.63) is 64.1 Å². The van der Waals surface area contributed by atoms with Crippen molar-refractivity contribution in [1.29, 1.82) is 0 Å². The van der Waals surface area contributed by atoms with Crippen LogP contribution in [0, 0.1) is 5.92 Å². The van der Waals surface area contributed by atoms with Crippen molar-refractivity contribution in [3.8, 4) is 0 Å². The van der Waals surface area contributed by atoms with Gasteiger partial charge in [-0.1, -0.05) is 37.6 Å². The zero-order chi connectivity index (χ0) is 22.0. The summed E-state index contributed by atoms with van der Waals surface area (Å²) in [7, 11) is 0. The molecule has 0 radical (unpaired) electrons. The van der Waals surface area contributed by atoms with Gasteiger partial charge in [0.2, 0.25) is 5.91 Å². The maximum absolute atomic E-state index is 13.2. The van der Waals surface area contributed by atoms with Gasteiger partial charge in [0.15, 0.2) is 0 Å². The molecule has 3 aromatic rings. The largest absolute Gasteiger partial charge is 0.341 e. The quantitative estimate of drug-likeness (QED) is 0.581. The number of benzene rings is 2. The van der Waals surface area contributed by atoms with Crippen LogP contribution in [-0.2, 0) is 4.79 Å². The van der Waals surface area contributed by atoms with Crippen molar-refractivity contribution in [1.82, 2.24) is 15.2 Å². The minimum absolute atomic E-state index is 0.00858. The second-order valence-electron chi connectivity index (χ2n) is 8.32. The van der Waals surface area contributed by atoms with Gasteiger partial charge in [0, 0.05) is 29.6 Å². The Hall–Kier alpha value is -2.44. The molecule has 0 unspecified atom stereocenters. The fourth-order valence-electron chi connectivity index (χ4n) is 3.95. The molecule has 1 aliphatic rings. The number of rotatable bonds is 5. The average molecular weight is 456 g/mol. The number of halogens is 1. The third kappa shape index (κ3) is 4.91. The van der Waals surface area contributed by atoms with Gasteiger partial charge in [-0.2, -0.15) is 0 Å². The van der Waals surface area contributed by atoms with Crippen LogP contribution in [0.25, 0.3) is 10.2 Å². The number of aromatic nitrogens is 1. The normalized spacial score (nSPS) is 15.9. The van der Waals surface area contributed by atoms with Gasteiger partial charge < -0.3 is 10.2 Å². The number of hydrogen-bond acceptors (Lipinski definition) is 4. The van der Waals surface area contributed by atoms with Crippen LogP contribution in [0.15, 0.2) is 48.5 Å². The monoisotopic (exact) mass is 455 g/mol. The fraction of sp³-hybridized carbons (Fsp3) is 0.375. The topological polar surface area (TPSA) is 62.3 Å². The number of carbonyl (C=O) groups is 2. The smallest absolute Gasteiger partial charge is 0.251 e. The number of amides is 2. The van der Waals surface area contributed by atoms with E-state index < -0.39 is 6.04 Å². The molecule has 2 amide bonds. The standard InChI is InChI=1S/C24H26ClN3O2S/c1-15(2)21(27-22(29)16-7-9-18(25)10-8-16)24(30)28-13-11-17(12-14-28)23-26-19-5-3-4-6-20(19)31-23/h3-10,15,17,21H,11-14H2,1-2H3,(H,27,29)/t21-/m0/s1. The van der Waals surface area contributed by atoms with Crippen molar-refractivity contribution in [3.63, 3.8) is 0 Å². The molecule has 162 valence electrons. The molecule has 7 heteroatoms. The number of piperidine rings is 1. The molecular weight excluding hydrogens is 430 g/mol. The molecule has 31 heavy (non-hydrogen) atoms. The summed E-state index contributed by atoms with van der Waals surface area (Å²) in [6, 6.07) is 14.3. The van der Waals surface area contributed by atoms with Gasteiger partial charge in [-0.25, -0.2) is 4.98 Å². The van der Waals surface area contributed by atoms with Crippen LogP contribution in [0.4, 0.5) is 0 Å². The SMILES string of the molecule is CC(C)[C@H](NC(=O)c1ccc(Cl)cc1)C(=O)N1CCC(c2nc3ccccc3s2)CC1. The molecule has 1 N–H and O–H groups in total. The van der Waals surface area contributed by atoms with Crippen LogP contribution in [0.3, 0.4) is 0 Å². The maximum Gasteiger partial charge on any atom is 0.251 e. The Bertz CT molecular complexity index is 1040. The first-order valence-corrected chi connectivity index (χ1v) is 11.8. The molecule has 5 nitrogen and oxygen atoms in total. The number of carbonyl (C=O) groups excluding carboxylic acids is 2. The lowest BCUT2D eigenvalue weighted by molar-refractivity contribution is -0.135. The Morgan fingerprint density at radius 3 is 2.42 bits per heavy atom. The summed E-state index contributed by atoms with van der Waals surface area (Å²) in [5.41, 5.74) is 1.54. The number of thiazole rings is 1. The zero-order valence-electron chi connectivity index (χ0n) is 17.7. The van der Waals surface area contributed by atoms with Crippen LogP contribution in [0.1, 0.15) is 48.0 Å². The predicted octanol–water partition coefficient (Wildman–Crippen LogP) is 5.11. The summed E-state index contributed by atoms with van der Waals surface area (Å²) in [6.07, 6.45) is 1.78. The highest BCUT2D eigenvalue weighted by atomic mass is 35.5. The van der Waals surface area contributed by atoms with Gasteiger partial charge in [0.05, 0.1) is 15.2 Å². The number of hydrogen-bond donors (Lipinski definition) is 1. The molecule has 1 aliphatic heterocycles. The van der Waals surface area contributed by atoms with Crippen LogP contribution in [0.5, 0.6) is 0 Å². The Kier molecular flexibility index (Phi) is 6.58. The highest BCUT2D eigenvalue weighted by molar-refractivity contribution is 7.18. The highest BCUT2D eigenvalue weighted by Gasteiger charge is 2.32. The number of fused-ring (bicyclic) bond motifs is 1. The van der Waals surface area contributed by atoms with E-state index in [4.69, 9.17) is 16.6 Å². The van der Waals surface area contributed by atoms with E-state index in [1.54, 1.807) is 35.6 Å². The second kappa shape index (κ2) is 9.37. The summed E-state index contributed by atoms with van der Waals surface area (Å²) in [4.78, 5) is 32.6. The summed E-state index contributed by atoms with van der Waals surface area (Å²) in [6.45, 7) is 5.27. The number of nitrogens with one attached hydrogen (secondary N) is 1. The van der Waals surface area contributed by atoms with E-state index in [9.17, 15) is 9.59 Å². The summed E-state index contributed by atoms with van der Waals surface area (Å²) >= 11 is 7.66. The first-order valence-electron chi connectivity index (χ1n) is 10.6. The van der Waals surface area contributed by atoms with Crippen LogP contribution in [0.2, 0.25) is 5.02 Å². The van der Waals surface area contributed by atoms with Crippen molar-refractivity contribution >= 4 is 45.0 Å². The lowest BCUT2D eigenvalue weighted by Crippen LogP contribution is -2.52. The van der Waals surface area contributed by atoms with E-state index in [1.165, 1.54) is 4.70 Å². The van der Waals surface area contributed by atoms with Gasteiger partial charge in [-0.15, -0.1) is 11.3 Å². The Morgan fingerprint density at radius 1 is 1.10 bits per heavy atom. The Morgan fingerprint density at radius 2 is 1.77 bits per heavy atom. The minimum atomic E-state index is -0.554. The molecule has 0 bridgehead atoms. The van der Waals surface area contributed by atoms with Gasteiger partial charge in [-0.05, 0) is 55.2 Å². The van der Waals surface area contributed by atoms with Gasteiger partial charge >= 0.3 is 0 Å². The predicted molar refractivity (Wildman–Crippen MR) is 126 cm³/mol. The van der Waals surface area contributed by atoms with Gasteiger partial charge in [0.25, 0.3) is 5.91 Å². The first-order chi connectivity index (χ1) is 14.9. The van der Waals surface area contributed by atoms with Crippen molar-refractivity contribution in [2.75, 3.05) is 13.1 Å². The van der Waals surface area contributed by atoms with E-state index in [1.807, 2.05) is 36.9 Å². The average Bonchev–Trinajstić information content (AvgIpc) is 3.21. The molecule has 0 saturated carbocycles. The Balaban J connectivity index is 1.39. The van der Waals surface area contributed by atoms with E-state index in [0.29, 0.717) is 29.6 Å². The second-order valence-corrected chi connectivity index (χ2v) is 9.82. The Labute approximate surface area is 191 Å². The maximum atomic E-state index is 13.2. The molecular formula is C24H26ClN3O2S.